The predicted molar refractivity (Wildman–Crippen MR) is 93.0 cm³/mol. The van der Waals surface area contributed by atoms with Gasteiger partial charge in [-0.25, -0.2) is 4.79 Å². The molecule has 2 N–H and O–H groups in total. The largest absolute Gasteiger partial charge is 0.482 e. The Morgan fingerprint density at radius 3 is 2.72 bits per heavy atom. The molecule has 2 heterocycles. The van der Waals surface area contributed by atoms with Gasteiger partial charge in [0.2, 0.25) is 0 Å². The van der Waals surface area contributed by atoms with E-state index >= 15 is 0 Å². The number of benzene rings is 1. The molecule has 1 aliphatic heterocycles. The molecule has 1 aromatic carbocycles. The first-order valence-electron chi connectivity index (χ1n) is 8.01. The fourth-order valence-electron chi connectivity index (χ4n) is 3.07. The third-order valence-electron chi connectivity index (χ3n) is 4.25. The van der Waals surface area contributed by atoms with Gasteiger partial charge in [-0.1, -0.05) is 23.7 Å². The first-order chi connectivity index (χ1) is 12.1. The predicted octanol–water partition coefficient (Wildman–Crippen LogP) is 3.67. The van der Waals surface area contributed by atoms with Crippen LogP contribution in [0.1, 0.15) is 24.6 Å². The average Bonchev–Trinajstić information content (AvgIpc) is 2.61. The zero-order valence-corrected chi connectivity index (χ0v) is 14.3. The molecule has 3 rings (SSSR count). The highest BCUT2D eigenvalue weighted by molar-refractivity contribution is 6.30. The number of ether oxygens (including phenoxy) is 2. The Bertz CT molecular complexity index is 720. The van der Waals surface area contributed by atoms with Gasteiger partial charge >= 0.3 is 6.09 Å². The van der Waals surface area contributed by atoms with Gasteiger partial charge in [-0.2, -0.15) is 0 Å². The topological polar surface area (TPSA) is 80.7 Å². The van der Waals surface area contributed by atoms with E-state index in [0.717, 1.165) is 0 Å². The van der Waals surface area contributed by atoms with Gasteiger partial charge in [0.25, 0.3) is 0 Å². The molecule has 0 radical (unpaired) electrons. The molecular weight excluding hydrogens is 344 g/mol. The summed E-state index contributed by atoms with van der Waals surface area (Å²) in [5.74, 6) is 0.557. The minimum atomic E-state index is -1.10. The van der Waals surface area contributed by atoms with Crippen LogP contribution in [0, 0.1) is 0 Å². The van der Waals surface area contributed by atoms with Gasteiger partial charge in [-0.05, 0) is 43.2 Å². The lowest BCUT2D eigenvalue weighted by Crippen LogP contribution is -2.57. The van der Waals surface area contributed by atoms with Crippen LogP contribution in [0.15, 0.2) is 48.7 Å². The molecule has 6 nitrogen and oxygen atoms in total. The molecule has 0 saturated carbocycles. The van der Waals surface area contributed by atoms with E-state index in [9.17, 15) is 9.90 Å². The van der Waals surface area contributed by atoms with Crippen molar-refractivity contribution in [1.29, 1.82) is 0 Å². The van der Waals surface area contributed by atoms with Gasteiger partial charge in [0.05, 0.1) is 11.2 Å². The summed E-state index contributed by atoms with van der Waals surface area (Å²) in [6.45, 7) is 0.894. The Hall–Kier alpha value is -2.31. The van der Waals surface area contributed by atoms with Crippen molar-refractivity contribution in [3.63, 3.8) is 0 Å². The molecule has 1 aromatic heterocycles. The highest BCUT2D eigenvalue weighted by Gasteiger charge is 2.45. The van der Waals surface area contributed by atoms with Crippen molar-refractivity contribution < 1.29 is 19.4 Å². The van der Waals surface area contributed by atoms with E-state index in [1.165, 1.54) is 0 Å². The van der Waals surface area contributed by atoms with E-state index in [2.05, 4.69) is 10.3 Å². The van der Waals surface area contributed by atoms with Gasteiger partial charge in [0.15, 0.2) is 6.10 Å². The van der Waals surface area contributed by atoms with Gasteiger partial charge in [-0.3, -0.25) is 4.98 Å². The number of pyridine rings is 1. The number of aromatic nitrogens is 1. The van der Waals surface area contributed by atoms with E-state index < -0.39 is 17.7 Å². The molecule has 1 amide bonds. The Morgan fingerprint density at radius 2 is 2.08 bits per heavy atom. The first-order valence-corrected chi connectivity index (χ1v) is 8.39. The quantitative estimate of drug-likeness (QED) is 0.848. The minimum absolute atomic E-state index is 0.447. The normalized spacial score (nSPS) is 17.5. The second kappa shape index (κ2) is 7.72. The molecule has 2 aromatic rings. The number of halogens is 1. The van der Waals surface area contributed by atoms with Crippen molar-refractivity contribution >= 4 is 17.7 Å². The summed E-state index contributed by atoms with van der Waals surface area (Å²) in [5, 5.41) is 12.6. The third kappa shape index (κ3) is 4.21. The van der Waals surface area contributed by atoms with Crippen LogP contribution >= 0.6 is 11.6 Å². The molecule has 1 saturated heterocycles. The van der Waals surface area contributed by atoms with Crippen molar-refractivity contribution in [2.75, 3.05) is 13.2 Å². The fourth-order valence-corrected chi connectivity index (χ4v) is 3.25. The Labute approximate surface area is 150 Å². The maximum atomic E-state index is 11.5. The molecular formula is C18H19ClN2O4. The van der Waals surface area contributed by atoms with Gasteiger partial charge in [0.1, 0.15) is 5.75 Å². The zero-order valence-electron chi connectivity index (χ0n) is 13.5. The number of carboxylic acid groups (broad SMARTS) is 1. The molecule has 0 bridgehead atoms. The van der Waals surface area contributed by atoms with Gasteiger partial charge < -0.3 is 19.9 Å². The van der Waals surface area contributed by atoms with E-state index in [0.29, 0.717) is 42.5 Å². The van der Waals surface area contributed by atoms with Gasteiger partial charge in [0, 0.05) is 24.4 Å². The third-order valence-corrected chi connectivity index (χ3v) is 4.48. The highest BCUT2D eigenvalue weighted by atomic mass is 35.5. The van der Waals surface area contributed by atoms with Crippen LogP contribution in [0.3, 0.4) is 0 Å². The van der Waals surface area contributed by atoms with E-state index in [1.54, 1.807) is 36.5 Å². The summed E-state index contributed by atoms with van der Waals surface area (Å²) in [5.41, 5.74) is -0.182. The van der Waals surface area contributed by atoms with Crippen LogP contribution in [0.5, 0.6) is 5.75 Å². The second-order valence-corrected chi connectivity index (χ2v) is 6.34. The molecule has 0 aliphatic carbocycles. The lowest BCUT2D eigenvalue weighted by atomic mass is 9.82. The van der Waals surface area contributed by atoms with Crippen LogP contribution in [0.25, 0.3) is 0 Å². The summed E-state index contributed by atoms with van der Waals surface area (Å²) < 4.78 is 11.6. The number of nitrogens with one attached hydrogen (secondary N) is 1. The average molecular weight is 363 g/mol. The molecule has 7 heteroatoms. The molecule has 0 spiro atoms. The van der Waals surface area contributed by atoms with Crippen LogP contribution in [0.4, 0.5) is 4.79 Å². The summed E-state index contributed by atoms with van der Waals surface area (Å²) >= 11 is 6.05. The monoisotopic (exact) mass is 362 g/mol. The Balaban J connectivity index is 2.00. The van der Waals surface area contributed by atoms with Crippen molar-refractivity contribution in [1.82, 2.24) is 10.3 Å². The molecule has 1 fully saturated rings. The molecule has 132 valence electrons. The standard InChI is InChI=1S/C18H19ClN2O4/c19-13-4-3-5-14(12-13)25-16(15-6-1-2-9-20-15)18(21-17(22)23)7-10-24-11-8-18/h1-6,9,12,16,21H,7-8,10-11H2,(H,22,23). The minimum Gasteiger partial charge on any atom is -0.482 e. The second-order valence-electron chi connectivity index (χ2n) is 5.91. The summed E-state index contributed by atoms with van der Waals surface area (Å²) in [7, 11) is 0. The molecule has 1 aliphatic rings. The van der Waals surface area contributed by atoms with Crippen molar-refractivity contribution in [3.8, 4) is 5.75 Å². The Kier molecular flexibility index (Phi) is 5.40. The zero-order chi connectivity index (χ0) is 17.7. The number of carbonyl (C=O) groups is 1. The lowest BCUT2D eigenvalue weighted by Gasteiger charge is -2.42. The first kappa shape index (κ1) is 17.5. The molecule has 1 atom stereocenters. The van der Waals surface area contributed by atoms with Crippen molar-refractivity contribution in [2.45, 2.75) is 24.5 Å². The highest BCUT2D eigenvalue weighted by Crippen LogP contribution is 2.37. The lowest BCUT2D eigenvalue weighted by molar-refractivity contribution is -0.0191. The molecule has 1 unspecified atom stereocenters. The number of nitrogens with zero attached hydrogens (tertiary/aromatic N) is 1. The summed E-state index contributed by atoms with van der Waals surface area (Å²) in [6, 6.07) is 12.5. The fraction of sp³-hybridized carbons (Fsp3) is 0.333. The van der Waals surface area contributed by atoms with E-state index in [1.807, 2.05) is 12.1 Å². The van der Waals surface area contributed by atoms with Crippen LogP contribution in [-0.2, 0) is 4.74 Å². The van der Waals surface area contributed by atoms with E-state index in [-0.39, 0.29) is 0 Å². The molecule has 25 heavy (non-hydrogen) atoms. The number of rotatable bonds is 5. The number of hydrogen-bond acceptors (Lipinski definition) is 4. The van der Waals surface area contributed by atoms with Gasteiger partial charge in [-0.15, -0.1) is 0 Å². The smallest absolute Gasteiger partial charge is 0.405 e. The number of hydrogen-bond donors (Lipinski definition) is 2. The number of amides is 1. The maximum absolute atomic E-state index is 11.5. The maximum Gasteiger partial charge on any atom is 0.405 e. The SMILES string of the molecule is O=C(O)NC1(C(Oc2cccc(Cl)c2)c2ccccn2)CCOCC1. The summed E-state index contributed by atoms with van der Waals surface area (Å²) in [6.07, 6.45) is 0.935. The van der Waals surface area contributed by atoms with Crippen LogP contribution < -0.4 is 10.1 Å². The van der Waals surface area contributed by atoms with Crippen LogP contribution in [-0.4, -0.2) is 34.9 Å². The van der Waals surface area contributed by atoms with E-state index in [4.69, 9.17) is 21.1 Å². The van der Waals surface area contributed by atoms with Crippen LogP contribution in [0.2, 0.25) is 5.02 Å². The van der Waals surface area contributed by atoms with Crippen molar-refractivity contribution in [2.24, 2.45) is 0 Å². The Morgan fingerprint density at radius 1 is 1.28 bits per heavy atom. The van der Waals surface area contributed by atoms with Crippen molar-refractivity contribution in [3.05, 3.63) is 59.4 Å². The summed E-state index contributed by atoms with van der Waals surface area (Å²) in [4.78, 5) is 15.9.